The molecule has 0 aromatic heterocycles. The zero-order valence-corrected chi connectivity index (χ0v) is 8.55. The van der Waals surface area contributed by atoms with Crippen LogP contribution in [0.2, 0.25) is 0 Å². The third kappa shape index (κ3) is 2.61. The molecule has 0 atom stereocenters. The summed E-state index contributed by atoms with van der Waals surface area (Å²) in [5.41, 5.74) is 5.41. The van der Waals surface area contributed by atoms with Crippen molar-refractivity contribution in [3.63, 3.8) is 0 Å². The van der Waals surface area contributed by atoms with Crippen molar-refractivity contribution < 1.29 is 4.79 Å². The Morgan fingerprint density at radius 2 is 2.14 bits per heavy atom. The molecular formula is C9H18N4O. The first-order chi connectivity index (χ1) is 6.65. The van der Waals surface area contributed by atoms with Crippen LogP contribution in [0.4, 0.5) is 4.79 Å². The van der Waals surface area contributed by atoms with Crippen molar-refractivity contribution in [2.75, 3.05) is 19.6 Å². The predicted octanol–water partition coefficient (Wildman–Crippen LogP) is 0.364. The summed E-state index contributed by atoms with van der Waals surface area (Å²) in [6, 6.07) is -0.00509. The molecule has 1 aliphatic heterocycles. The molecule has 1 rings (SSSR count). The first-order valence-electron chi connectivity index (χ1n) is 5.01. The van der Waals surface area contributed by atoms with E-state index in [2.05, 4.69) is 5.32 Å². The number of urea groups is 1. The Balaban J connectivity index is 2.35. The van der Waals surface area contributed by atoms with Crippen molar-refractivity contribution in [3.8, 4) is 0 Å². The number of carbonyl (C=O) groups excluding carboxylic acids is 1. The lowest BCUT2D eigenvalue weighted by molar-refractivity contribution is 0.180. The van der Waals surface area contributed by atoms with E-state index < -0.39 is 0 Å². The van der Waals surface area contributed by atoms with Gasteiger partial charge in [-0.05, 0) is 19.8 Å². The summed E-state index contributed by atoms with van der Waals surface area (Å²) in [6.45, 7) is 3.97. The number of hydrogen-bond acceptors (Lipinski definition) is 2. The number of likely N-dealkylation sites (tertiary alicyclic amines) is 1. The van der Waals surface area contributed by atoms with Gasteiger partial charge >= 0.3 is 6.03 Å². The van der Waals surface area contributed by atoms with Gasteiger partial charge in [0.05, 0.1) is 5.84 Å². The molecule has 1 saturated heterocycles. The van der Waals surface area contributed by atoms with Gasteiger partial charge in [0.15, 0.2) is 0 Å². The van der Waals surface area contributed by atoms with Gasteiger partial charge in [-0.25, -0.2) is 4.79 Å². The number of amides is 2. The minimum absolute atomic E-state index is 0.00509. The minimum Gasteiger partial charge on any atom is -0.387 e. The van der Waals surface area contributed by atoms with Gasteiger partial charge in [-0.15, -0.1) is 0 Å². The van der Waals surface area contributed by atoms with E-state index in [4.69, 9.17) is 11.1 Å². The Morgan fingerprint density at radius 1 is 1.57 bits per heavy atom. The van der Waals surface area contributed by atoms with E-state index in [0.717, 1.165) is 12.8 Å². The average molecular weight is 198 g/mol. The van der Waals surface area contributed by atoms with Gasteiger partial charge in [-0.1, -0.05) is 0 Å². The Kier molecular flexibility index (Phi) is 3.73. The number of nitrogens with one attached hydrogen (secondary N) is 2. The molecule has 1 aliphatic rings. The molecule has 0 unspecified atom stereocenters. The third-order valence-corrected chi connectivity index (χ3v) is 2.55. The van der Waals surface area contributed by atoms with Crippen molar-refractivity contribution in [2.45, 2.75) is 19.8 Å². The second kappa shape index (κ2) is 4.83. The predicted molar refractivity (Wildman–Crippen MR) is 55.3 cm³/mol. The Hall–Kier alpha value is -1.26. The smallest absolute Gasteiger partial charge is 0.317 e. The van der Waals surface area contributed by atoms with Crippen LogP contribution < -0.4 is 11.1 Å². The summed E-state index contributed by atoms with van der Waals surface area (Å²) >= 11 is 0. The molecular weight excluding hydrogens is 180 g/mol. The summed E-state index contributed by atoms with van der Waals surface area (Å²) < 4.78 is 0. The van der Waals surface area contributed by atoms with E-state index in [1.54, 1.807) is 4.90 Å². The summed E-state index contributed by atoms with van der Waals surface area (Å²) in [5, 5.41) is 10.1. The van der Waals surface area contributed by atoms with Crippen LogP contribution in [0, 0.1) is 11.3 Å². The molecule has 1 fully saturated rings. The van der Waals surface area contributed by atoms with E-state index in [0.29, 0.717) is 19.6 Å². The van der Waals surface area contributed by atoms with Crippen LogP contribution in [0.15, 0.2) is 0 Å². The Morgan fingerprint density at radius 3 is 2.57 bits per heavy atom. The van der Waals surface area contributed by atoms with E-state index >= 15 is 0 Å². The number of nitrogens with two attached hydrogens (primary N) is 1. The van der Waals surface area contributed by atoms with Crippen LogP contribution in [0.25, 0.3) is 0 Å². The number of amidine groups is 1. The molecule has 0 saturated carbocycles. The van der Waals surface area contributed by atoms with Crippen LogP contribution in [0.1, 0.15) is 19.8 Å². The SMILES string of the molecule is CCNC(=O)N1CCC(C(=N)N)CC1. The monoisotopic (exact) mass is 198 g/mol. The molecule has 14 heavy (non-hydrogen) atoms. The van der Waals surface area contributed by atoms with E-state index in [1.807, 2.05) is 6.92 Å². The van der Waals surface area contributed by atoms with Crippen LogP contribution in [-0.2, 0) is 0 Å². The second-order valence-electron chi connectivity index (χ2n) is 3.55. The third-order valence-electron chi connectivity index (χ3n) is 2.55. The first-order valence-corrected chi connectivity index (χ1v) is 5.01. The Bertz CT molecular complexity index is 221. The molecule has 5 nitrogen and oxygen atoms in total. The molecule has 1 heterocycles. The van der Waals surface area contributed by atoms with Gasteiger partial charge in [0.1, 0.15) is 0 Å². The molecule has 0 radical (unpaired) electrons. The minimum atomic E-state index is -0.00509. The van der Waals surface area contributed by atoms with Gasteiger partial charge in [0, 0.05) is 25.6 Å². The lowest BCUT2D eigenvalue weighted by Gasteiger charge is -2.31. The number of carbonyl (C=O) groups is 1. The summed E-state index contributed by atoms with van der Waals surface area (Å²) in [7, 11) is 0. The zero-order valence-electron chi connectivity index (χ0n) is 8.55. The van der Waals surface area contributed by atoms with Gasteiger partial charge in [0.2, 0.25) is 0 Å². The molecule has 0 aliphatic carbocycles. The van der Waals surface area contributed by atoms with E-state index in [9.17, 15) is 4.79 Å². The Labute approximate surface area is 84.1 Å². The zero-order chi connectivity index (χ0) is 10.6. The number of rotatable bonds is 2. The van der Waals surface area contributed by atoms with Gasteiger partial charge in [0.25, 0.3) is 0 Å². The molecule has 5 heteroatoms. The van der Waals surface area contributed by atoms with Crippen LogP contribution in [0.3, 0.4) is 0 Å². The van der Waals surface area contributed by atoms with Crippen LogP contribution in [0.5, 0.6) is 0 Å². The largest absolute Gasteiger partial charge is 0.387 e. The molecule has 2 amide bonds. The van der Waals surface area contributed by atoms with Crippen molar-refractivity contribution in [1.82, 2.24) is 10.2 Å². The van der Waals surface area contributed by atoms with Crippen molar-refractivity contribution in [1.29, 1.82) is 5.41 Å². The van der Waals surface area contributed by atoms with Crippen molar-refractivity contribution >= 4 is 11.9 Å². The van der Waals surface area contributed by atoms with Gasteiger partial charge < -0.3 is 16.0 Å². The standard InChI is InChI=1S/C9H18N4O/c1-2-12-9(14)13-5-3-7(4-6-13)8(10)11/h7H,2-6H2,1H3,(H3,10,11)(H,12,14). The lowest BCUT2D eigenvalue weighted by atomic mass is 9.96. The fourth-order valence-electron chi connectivity index (χ4n) is 1.66. The van der Waals surface area contributed by atoms with Gasteiger partial charge in [-0.3, -0.25) is 5.41 Å². The molecule has 0 aromatic rings. The fraction of sp³-hybridized carbons (Fsp3) is 0.778. The summed E-state index contributed by atoms with van der Waals surface area (Å²) in [5.74, 6) is 0.418. The fourth-order valence-corrected chi connectivity index (χ4v) is 1.66. The van der Waals surface area contributed by atoms with Crippen molar-refractivity contribution in [3.05, 3.63) is 0 Å². The molecule has 0 aromatic carbocycles. The maximum absolute atomic E-state index is 11.4. The second-order valence-corrected chi connectivity index (χ2v) is 3.55. The molecule has 4 N–H and O–H groups in total. The van der Waals surface area contributed by atoms with E-state index in [1.165, 1.54) is 0 Å². The molecule has 80 valence electrons. The van der Waals surface area contributed by atoms with Crippen LogP contribution in [-0.4, -0.2) is 36.4 Å². The maximum Gasteiger partial charge on any atom is 0.317 e. The number of hydrogen-bond donors (Lipinski definition) is 3. The lowest BCUT2D eigenvalue weighted by Crippen LogP contribution is -2.46. The highest BCUT2D eigenvalue weighted by atomic mass is 16.2. The van der Waals surface area contributed by atoms with Crippen molar-refractivity contribution in [2.24, 2.45) is 11.7 Å². The quantitative estimate of drug-likeness (QED) is 0.442. The highest BCUT2D eigenvalue weighted by Gasteiger charge is 2.23. The topological polar surface area (TPSA) is 82.2 Å². The van der Waals surface area contributed by atoms with Gasteiger partial charge in [-0.2, -0.15) is 0 Å². The number of nitrogens with zero attached hydrogens (tertiary/aromatic N) is 1. The van der Waals surface area contributed by atoms with E-state index in [-0.39, 0.29) is 17.8 Å². The molecule has 0 bridgehead atoms. The number of piperidine rings is 1. The first kappa shape index (κ1) is 10.8. The normalized spacial score (nSPS) is 17.9. The highest BCUT2D eigenvalue weighted by Crippen LogP contribution is 2.16. The maximum atomic E-state index is 11.4. The molecule has 0 spiro atoms. The summed E-state index contributed by atoms with van der Waals surface area (Å²) in [6.07, 6.45) is 1.62. The summed E-state index contributed by atoms with van der Waals surface area (Å²) in [4.78, 5) is 13.2. The highest BCUT2D eigenvalue weighted by molar-refractivity contribution is 5.80. The van der Waals surface area contributed by atoms with Crippen LogP contribution >= 0.6 is 0 Å². The average Bonchev–Trinajstić information content (AvgIpc) is 2.18.